The smallest absolute Gasteiger partial charge is 0.335 e. The van der Waals surface area contributed by atoms with Crippen LogP contribution in [0.15, 0.2) is 48.7 Å². The molecule has 1 rings (SSSR count). The average molecular weight is 385 g/mol. The van der Waals surface area contributed by atoms with Crippen molar-refractivity contribution in [3.8, 4) is 0 Å². The van der Waals surface area contributed by atoms with Gasteiger partial charge >= 0.3 is 5.97 Å². The fraction of sp³-hybridized carbons (Fsp3) is 0.577. The lowest BCUT2D eigenvalue weighted by Crippen LogP contribution is -1.93. The highest BCUT2D eigenvalue weighted by Gasteiger charge is 1.95. The quantitative estimate of drug-likeness (QED) is 0.117. The summed E-state index contributed by atoms with van der Waals surface area (Å²) in [6.07, 6.45) is 25.4. The van der Waals surface area contributed by atoms with Gasteiger partial charge in [-0.05, 0) is 24.5 Å². The molecule has 0 radical (unpaired) electrons. The van der Waals surface area contributed by atoms with Gasteiger partial charge in [0.2, 0.25) is 0 Å². The number of unbranched alkanes of at least 4 members (excludes halogenated alkanes) is 13. The number of benzene rings is 1. The molecule has 2 heteroatoms. The fourth-order valence-corrected chi connectivity index (χ4v) is 3.24. The Morgan fingerprint density at radius 2 is 1.32 bits per heavy atom. The van der Waals surface area contributed by atoms with Gasteiger partial charge in [0.15, 0.2) is 0 Å². The minimum Gasteiger partial charge on any atom is -0.431 e. The largest absolute Gasteiger partial charge is 0.431 e. The number of hydrogen-bond donors (Lipinski definition) is 0. The monoisotopic (exact) mass is 384 g/mol. The summed E-state index contributed by atoms with van der Waals surface area (Å²) in [5.41, 5.74) is 1.02. The SMILES string of the molecule is CCCCCCCCCCCCCCCC=CC(=O)OC=Cc1ccccc1. The van der Waals surface area contributed by atoms with Gasteiger partial charge in [-0.1, -0.05) is 120 Å². The Kier molecular flexibility index (Phi) is 16.0. The second-order valence-corrected chi connectivity index (χ2v) is 7.58. The lowest BCUT2D eigenvalue weighted by atomic mass is 10.0. The molecule has 1 aromatic rings. The predicted octanol–water partition coefficient (Wildman–Crippen LogP) is 8.24. The Hall–Kier alpha value is -1.83. The van der Waals surface area contributed by atoms with Gasteiger partial charge in [0.1, 0.15) is 0 Å². The number of ether oxygens (including phenoxy) is 1. The zero-order chi connectivity index (χ0) is 20.1. The third-order valence-electron chi connectivity index (χ3n) is 4.97. The maximum atomic E-state index is 11.6. The summed E-state index contributed by atoms with van der Waals surface area (Å²) in [4.78, 5) is 11.6. The van der Waals surface area contributed by atoms with Crippen molar-refractivity contribution >= 4 is 12.0 Å². The van der Waals surface area contributed by atoms with Gasteiger partial charge in [-0.15, -0.1) is 0 Å². The van der Waals surface area contributed by atoms with Crippen molar-refractivity contribution in [2.45, 2.75) is 96.8 Å². The van der Waals surface area contributed by atoms with Gasteiger partial charge in [0.25, 0.3) is 0 Å². The molecule has 28 heavy (non-hydrogen) atoms. The topological polar surface area (TPSA) is 26.3 Å². The summed E-state index contributed by atoms with van der Waals surface area (Å²) in [6.45, 7) is 2.27. The molecule has 1 aromatic carbocycles. The maximum absolute atomic E-state index is 11.6. The van der Waals surface area contributed by atoms with Crippen LogP contribution in [0.1, 0.15) is 102 Å². The highest BCUT2D eigenvalue weighted by atomic mass is 16.5. The van der Waals surface area contributed by atoms with Crippen molar-refractivity contribution < 1.29 is 9.53 Å². The molecule has 0 spiro atoms. The molecular weight excluding hydrogens is 344 g/mol. The number of hydrogen-bond acceptors (Lipinski definition) is 2. The second-order valence-electron chi connectivity index (χ2n) is 7.58. The fourth-order valence-electron chi connectivity index (χ4n) is 3.24. The van der Waals surface area contributed by atoms with E-state index < -0.39 is 0 Å². The van der Waals surface area contributed by atoms with Gasteiger partial charge in [-0.3, -0.25) is 0 Å². The van der Waals surface area contributed by atoms with Gasteiger partial charge in [-0.25, -0.2) is 4.79 Å². The first-order valence-corrected chi connectivity index (χ1v) is 11.4. The summed E-state index contributed by atoms with van der Waals surface area (Å²) in [5, 5.41) is 0. The normalized spacial score (nSPS) is 11.5. The van der Waals surface area contributed by atoms with Crippen molar-refractivity contribution in [3.63, 3.8) is 0 Å². The summed E-state index contributed by atoms with van der Waals surface area (Å²) in [7, 11) is 0. The first kappa shape index (κ1) is 24.2. The minimum absolute atomic E-state index is 0.304. The molecule has 0 N–H and O–H groups in total. The predicted molar refractivity (Wildman–Crippen MR) is 121 cm³/mol. The van der Waals surface area contributed by atoms with E-state index in [1.165, 1.54) is 89.4 Å². The summed E-state index contributed by atoms with van der Waals surface area (Å²) >= 11 is 0. The van der Waals surface area contributed by atoms with Crippen molar-refractivity contribution in [1.82, 2.24) is 0 Å². The van der Waals surface area contributed by atoms with Gasteiger partial charge in [0, 0.05) is 6.08 Å². The van der Waals surface area contributed by atoms with Crippen LogP contribution >= 0.6 is 0 Å². The molecule has 0 amide bonds. The molecule has 0 aromatic heterocycles. The van der Waals surface area contributed by atoms with Crippen LogP contribution in [0.4, 0.5) is 0 Å². The lowest BCUT2D eigenvalue weighted by molar-refractivity contribution is -0.132. The van der Waals surface area contributed by atoms with Crippen molar-refractivity contribution in [1.29, 1.82) is 0 Å². The molecular formula is C26H40O2. The number of carbonyl (C=O) groups is 1. The summed E-state index contributed by atoms with van der Waals surface area (Å²) in [6, 6.07) is 9.81. The molecule has 0 fully saturated rings. The van der Waals surface area contributed by atoms with E-state index in [1.54, 1.807) is 6.08 Å². The average Bonchev–Trinajstić information content (AvgIpc) is 2.71. The molecule has 0 aliphatic carbocycles. The van der Waals surface area contributed by atoms with Crippen LogP contribution in [0.25, 0.3) is 6.08 Å². The van der Waals surface area contributed by atoms with E-state index >= 15 is 0 Å². The van der Waals surface area contributed by atoms with Crippen molar-refractivity contribution in [2.75, 3.05) is 0 Å². The highest BCUT2D eigenvalue weighted by Crippen LogP contribution is 2.13. The van der Waals surface area contributed by atoms with Gasteiger partial charge in [0.05, 0.1) is 6.26 Å². The van der Waals surface area contributed by atoms with Crippen molar-refractivity contribution in [3.05, 3.63) is 54.3 Å². The third-order valence-corrected chi connectivity index (χ3v) is 4.97. The Morgan fingerprint density at radius 1 is 0.786 bits per heavy atom. The standard InChI is InChI=1S/C26H40O2/c1-2-3-4-5-6-7-8-9-10-11-12-13-14-15-19-22-26(27)28-24-23-25-20-17-16-18-21-25/h16-24H,2-15H2,1H3. The maximum Gasteiger partial charge on any atom is 0.335 e. The molecule has 0 saturated carbocycles. The van der Waals surface area contributed by atoms with E-state index in [9.17, 15) is 4.79 Å². The van der Waals surface area contributed by atoms with E-state index in [0.29, 0.717) is 0 Å². The van der Waals surface area contributed by atoms with Crippen LogP contribution in [-0.4, -0.2) is 5.97 Å². The number of rotatable bonds is 17. The molecule has 0 atom stereocenters. The Morgan fingerprint density at radius 3 is 1.89 bits per heavy atom. The lowest BCUT2D eigenvalue weighted by Gasteiger charge is -2.02. The first-order chi connectivity index (χ1) is 13.8. The molecule has 0 saturated heterocycles. The Bertz CT molecular complexity index is 531. The van der Waals surface area contributed by atoms with Crippen molar-refractivity contribution in [2.24, 2.45) is 0 Å². The second kappa shape index (κ2) is 18.5. The van der Waals surface area contributed by atoms with E-state index in [1.807, 2.05) is 36.4 Å². The van der Waals surface area contributed by atoms with Gasteiger partial charge in [-0.2, -0.15) is 0 Å². The first-order valence-electron chi connectivity index (χ1n) is 11.4. The zero-order valence-corrected chi connectivity index (χ0v) is 17.9. The molecule has 156 valence electrons. The van der Waals surface area contributed by atoms with E-state index in [0.717, 1.165) is 18.4 Å². The molecule has 0 heterocycles. The van der Waals surface area contributed by atoms with Crippen LogP contribution in [0.3, 0.4) is 0 Å². The molecule has 2 nitrogen and oxygen atoms in total. The summed E-state index contributed by atoms with van der Waals surface area (Å²) in [5.74, 6) is -0.304. The molecule has 0 aliphatic rings. The highest BCUT2D eigenvalue weighted by molar-refractivity contribution is 5.82. The number of carbonyl (C=O) groups excluding carboxylic acids is 1. The van der Waals surface area contributed by atoms with Crippen LogP contribution < -0.4 is 0 Å². The van der Waals surface area contributed by atoms with Crippen LogP contribution in [0, 0.1) is 0 Å². The molecule has 0 aliphatic heterocycles. The Balaban J connectivity index is 1.86. The third kappa shape index (κ3) is 15.2. The van der Waals surface area contributed by atoms with Crippen LogP contribution in [-0.2, 0) is 9.53 Å². The zero-order valence-electron chi connectivity index (χ0n) is 17.9. The Labute approximate surface area is 173 Å². The minimum atomic E-state index is -0.304. The van der Waals surface area contributed by atoms with E-state index in [2.05, 4.69) is 6.92 Å². The van der Waals surface area contributed by atoms with E-state index in [-0.39, 0.29) is 5.97 Å². The molecule has 0 unspecified atom stereocenters. The number of allylic oxidation sites excluding steroid dienone is 1. The van der Waals surface area contributed by atoms with Gasteiger partial charge < -0.3 is 4.74 Å². The molecule has 0 bridgehead atoms. The van der Waals surface area contributed by atoms with E-state index in [4.69, 9.17) is 4.74 Å². The van der Waals surface area contributed by atoms with Crippen LogP contribution in [0.5, 0.6) is 0 Å². The summed E-state index contributed by atoms with van der Waals surface area (Å²) < 4.78 is 5.06. The number of esters is 1. The van der Waals surface area contributed by atoms with Crippen LogP contribution in [0.2, 0.25) is 0 Å².